The number of aliphatic carboxylic acids is 1. The van der Waals surface area contributed by atoms with Crippen molar-refractivity contribution in [1.29, 1.82) is 0 Å². The predicted octanol–water partition coefficient (Wildman–Crippen LogP) is 5.05. The Bertz CT molecular complexity index is 1100. The highest BCUT2D eigenvalue weighted by Gasteiger charge is 2.32. The Labute approximate surface area is 191 Å². The van der Waals surface area contributed by atoms with E-state index in [4.69, 9.17) is 21.1 Å². The van der Waals surface area contributed by atoms with Crippen LogP contribution in [0.4, 0.5) is 4.79 Å². The number of para-hydroxylation sites is 1. The highest BCUT2D eigenvalue weighted by Crippen LogP contribution is 2.44. The lowest BCUT2D eigenvalue weighted by molar-refractivity contribution is -0.143. The molecule has 0 saturated carbocycles. The van der Waals surface area contributed by atoms with Gasteiger partial charge in [-0.1, -0.05) is 72.3 Å². The zero-order valence-electron chi connectivity index (χ0n) is 17.4. The normalized spacial score (nSPS) is 13.1. The van der Waals surface area contributed by atoms with Crippen molar-refractivity contribution in [3.63, 3.8) is 0 Å². The molecule has 6 nitrogen and oxygen atoms in total. The molecule has 1 atom stereocenters. The van der Waals surface area contributed by atoms with E-state index in [-0.39, 0.29) is 19.1 Å². The van der Waals surface area contributed by atoms with Gasteiger partial charge in [0.1, 0.15) is 19.0 Å². The van der Waals surface area contributed by atoms with Crippen molar-refractivity contribution in [1.82, 2.24) is 4.90 Å². The van der Waals surface area contributed by atoms with Crippen LogP contribution in [0.2, 0.25) is 5.02 Å². The van der Waals surface area contributed by atoms with Crippen LogP contribution in [-0.2, 0) is 9.53 Å². The van der Waals surface area contributed by atoms with Gasteiger partial charge in [-0.3, -0.25) is 4.90 Å². The first kappa shape index (κ1) is 21.7. The summed E-state index contributed by atoms with van der Waals surface area (Å²) in [6.45, 7) is -0.158. The van der Waals surface area contributed by atoms with Crippen LogP contribution in [0.3, 0.4) is 0 Å². The van der Waals surface area contributed by atoms with Crippen LogP contribution in [0.15, 0.2) is 72.8 Å². The number of amides is 1. The van der Waals surface area contributed by atoms with E-state index in [1.54, 1.807) is 24.3 Å². The second kappa shape index (κ2) is 9.32. The molecule has 1 amide bonds. The third kappa shape index (κ3) is 4.27. The van der Waals surface area contributed by atoms with Crippen LogP contribution in [0.1, 0.15) is 17.0 Å². The van der Waals surface area contributed by atoms with Crippen LogP contribution in [0, 0.1) is 0 Å². The second-order valence-electron chi connectivity index (χ2n) is 7.51. The van der Waals surface area contributed by atoms with E-state index in [0.29, 0.717) is 10.8 Å². The number of rotatable bonds is 7. The zero-order valence-corrected chi connectivity index (χ0v) is 18.2. The van der Waals surface area contributed by atoms with Gasteiger partial charge in [0.15, 0.2) is 6.04 Å². The van der Waals surface area contributed by atoms with Gasteiger partial charge in [-0.05, 0) is 34.4 Å². The Balaban J connectivity index is 1.44. The van der Waals surface area contributed by atoms with Gasteiger partial charge in [0.05, 0.1) is 5.02 Å². The maximum absolute atomic E-state index is 12.7. The monoisotopic (exact) mass is 451 g/mol. The molecule has 0 saturated heterocycles. The van der Waals surface area contributed by atoms with E-state index >= 15 is 0 Å². The average molecular weight is 452 g/mol. The largest absolute Gasteiger partial charge is 0.489 e. The quantitative estimate of drug-likeness (QED) is 0.543. The summed E-state index contributed by atoms with van der Waals surface area (Å²) in [6, 6.07) is 21.5. The van der Waals surface area contributed by atoms with Crippen molar-refractivity contribution >= 4 is 23.7 Å². The molecule has 1 aliphatic rings. The molecule has 4 rings (SSSR count). The summed E-state index contributed by atoms with van der Waals surface area (Å²) in [5.41, 5.74) is 4.41. The van der Waals surface area contributed by atoms with Gasteiger partial charge >= 0.3 is 12.1 Å². The standard InChI is InChI=1S/C25H22ClNO5/c1-27(22(24(28)29)15-31-23-13-7-6-12-21(23)26)25(30)32-14-20-18-10-4-2-8-16(18)17-9-3-5-11-19(17)20/h2-13,20,22H,14-15H2,1H3,(H,28,29)/t22-/m0/s1. The minimum absolute atomic E-state index is 0.106. The van der Waals surface area contributed by atoms with Gasteiger partial charge in [-0.25, -0.2) is 9.59 Å². The summed E-state index contributed by atoms with van der Waals surface area (Å²) in [7, 11) is 1.38. The van der Waals surface area contributed by atoms with Crippen LogP contribution in [0.25, 0.3) is 11.1 Å². The predicted molar refractivity (Wildman–Crippen MR) is 121 cm³/mol. The Hall–Kier alpha value is -3.51. The second-order valence-corrected chi connectivity index (χ2v) is 7.92. The number of carboxylic acids is 1. The highest BCUT2D eigenvalue weighted by atomic mass is 35.5. The van der Waals surface area contributed by atoms with Crippen LogP contribution >= 0.6 is 11.6 Å². The van der Waals surface area contributed by atoms with E-state index in [1.807, 2.05) is 36.4 Å². The van der Waals surface area contributed by atoms with Crippen molar-refractivity contribution < 1.29 is 24.2 Å². The Morgan fingerprint density at radius 1 is 0.969 bits per heavy atom. The lowest BCUT2D eigenvalue weighted by Crippen LogP contribution is -2.46. The summed E-state index contributed by atoms with van der Waals surface area (Å²) in [4.78, 5) is 25.5. The van der Waals surface area contributed by atoms with Crippen molar-refractivity contribution in [2.24, 2.45) is 0 Å². The lowest BCUT2D eigenvalue weighted by atomic mass is 9.98. The summed E-state index contributed by atoms with van der Waals surface area (Å²) >= 11 is 6.06. The molecule has 1 N–H and O–H groups in total. The fraction of sp³-hybridized carbons (Fsp3) is 0.200. The number of carbonyl (C=O) groups is 2. The number of benzene rings is 3. The third-order valence-electron chi connectivity index (χ3n) is 5.61. The first-order valence-electron chi connectivity index (χ1n) is 10.2. The Kier molecular flexibility index (Phi) is 6.32. The minimum Gasteiger partial charge on any atom is -0.489 e. The molecule has 0 radical (unpaired) electrons. The number of nitrogens with zero attached hydrogens (tertiary/aromatic N) is 1. The van der Waals surface area contributed by atoms with Crippen LogP contribution in [0.5, 0.6) is 5.75 Å². The summed E-state index contributed by atoms with van der Waals surface area (Å²) in [5, 5.41) is 9.98. The first-order valence-corrected chi connectivity index (χ1v) is 10.5. The topological polar surface area (TPSA) is 76.1 Å². The molecule has 3 aromatic carbocycles. The molecule has 0 unspecified atom stereocenters. The number of hydrogen-bond donors (Lipinski definition) is 1. The average Bonchev–Trinajstić information content (AvgIpc) is 3.12. The molecule has 3 aromatic rings. The van der Waals surface area contributed by atoms with Gasteiger partial charge < -0.3 is 14.6 Å². The summed E-state index contributed by atoms with van der Waals surface area (Å²) in [5.74, 6) is -0.961. The number of carbonyl (C=O) groups excluding carboxylic acids is 1. The van der Waals surface area contributed by atoms with Gasteiger partial charge in [0.2, 0.25) is 0 Å². The van der Waals surface area contributed by atoms with Gasteiger partial charge in [0.25, 0.3) is 0 Å². The van der Waals surface area contributed by atoms with Gasteiger partial charge in [0, 0.05) is 13.0 Å². The molecule has 32 heavy (non-hydrogen) atoms. The molecule has 0 spiro atoms. The number of likely N-dealkylation sites (N-methyl/N-ethyl adjacent to an activating group) is 1. The molecular formula is C25H22ClNO5. The molecule has 1 aliphatic carbocycles. The van der Waals surface area contributed by atoms with Crippen LogP contribution in [-0.4, -0.2) is 48.4 Å². The smallest absolute Gasteiger partial charge is 0.410 e. The molecule has 0 fully saturated rings. The van der Waals surface area contributed by atoms with E-state index < -0.39 is 18.1 Å². The minimum atomic E-state index is -1.23. The molecule has 0 bridgehead atoms. The summed E-state index contributed by atoms with van der Waals surface area (Å²) < 4.78 is 11.1. The molecular weight excluding hydrogens is 430 g/mol. The van der Waals surface area contributed by atoms with Crippen molar-refractivity contribution in [3.05, 3.63) is 88.9 Å². The summed E-state index contributed by atoms with van der Waals surface area (Å²) in [6.07, 6.45) is -0.734. The Morgan fingerprint density at radius 2 is 1.53 bits per heavy atom. The fourth-order valence-electron chi connectivity index (χ4n) is 3.90. The van der Waals surface area contributed by atoms with E-state index in [0.717, 1.165) is 27.2 Å². The van der Waals surface area contributed by atoms with Crippen molar-refractivity contribution in [3.8, 4) is 16.9 Å². The number of ether oxygens (including phenoxy) is 2. The van der Waals surface area contributed by atoms with E-state index in [9.17, 15) is 14.7 Å². The molecule has 0 aromatic heterocycles. The van der Waals surface area contributed by atoms with Crippen molar-refractivity contribution in [2.45, 2.75) is 12.0 Å². The van der Waals surface area contributed by atoms with E-state index in [1.165, 1.54) is 7.05 Å². The van der Waals surface area contributed by atoms with Gasteiger partial charge in [-0.2, -0.15) is 0 Å². The van der Waals surface area contributed by atoms with Crippen LogP contribution < -0.4 is 4.74 Å². The molecule has 7 heteroatoms. The Morgan fingerprint density at radius 3 is 2.12 bits per heavy atom. The number of hydrogen-bond acceptors (Lipinski definition) is 4. The highest BCUT2D eigenvalue weighted by molar-refractivity contribution is 6.32. The number of fused-ring (bicyclic) bond motifs is 3. The SMILES string of the molecule is CN(C(=O)OCC1c2ccccc2-c2ccccc21)[C@@H](COc1ccccc1Cl)C(=O)O. The van der Waals surface area contributed by atoms with Crippen molar-refractivity contribution in [2.75, 3.05) is 20.3 Å². The molecule has 0 heterocycles. The zero-order chi connectivity index (χ0) is 22.7. The maximum atomic E-state index is 12.7. The fourth-order valence-corrected chi connectivity index (χ4v) is 4.09. The lowest BCUT2D eigenvalue weighted by Gasteiger charge is -2.25. The maximum Gasteiger partial charge on any atom is 0.410 e. The first-order chi connectivity index (χ1) is 15.5. The third-order valence-corrected chi connectivity index (χ3v) is 5.92. The molecule has 0 aliphatic heterocycles. The number of halogens is 1. The van der Waals surface area contributed by atoms with Gasteiger partial charge in [-0.15, -0.1) is 0 Å². The van der Waals surface area contributed by atoms with E-state index in [2.05, 4.69) is 12.1 Å². The number of carboxylic acid groups (broad SMARTS) is 1. The molecule has 164 valence electrons.